The zero-order valence-corrected chi connectivity index (χ0v) is 20.9. The highest BCUT2D eigenvalue weighted by molar-refractivity contribution is 5.98. The van der Waals surface area contributed by atoms with Crippen LogP contribution in [0.4, 0.5) is 8.78 Å². The Hall–Kier alpha value is -3.85. The summed E-state index contributed by atoms with van der Waals surface area (Å²) in [6, 6.07) is 12.5. The standard InChI is InChI=1S/C28H29F2N3O4/c1-17-14-33(18(2)16-34)28(36)24-12-21(19-6-4-8-22(29)10-19)13-31-26(24)37-25(17)15-32(3)27(35)20-7-5-9-23(30)11-20/h4-13,17-18,25,34H,14-16H2,1-3H3/t17-,18+,25+/m0/s1. The first-order valence-electron chi connectivity index (χ1n) is 12.0. The molecule has 2 heterocycles. The van der Waals surface area contributed by atoms with Gasteiger partial charge in [0, 0.05) is 36.8 Å². The fourth-order valence-corrected chi connectivity index (χ4v) is 4.34. The van der Waals surface area contributed by atoms with E-state index in [-0.39, 0.29) is 54.4 Å². The molecule has 3 atom stereocenters. The highest BCUT2D eigenvalue weighted by Crippen LogP contribution is 2.30. The first-order valence-corrected chi connectivity index (χ1v) is 12.0. The van der Waals surface area contributed by atoms with E-state index in [1.54, 1.807) is 43.1 Å². The largest absolute Gasteiger partial charge is 0.472 e. The Balaban J connectivity index is 1.68. The normalized spacial score (nSPS) is 18.3. The van der Waals surface area contributed by atoms with Crippen molar-refractivity contribution >= 4 is 11.8 Å². The number of carbonyl (C=O) groups is 2. The van der Waals surface area contributed by atoms with Crippen molar-refractivity contribution in [3.05, 3.63) is 83.6 Å². The second kappa shape index (κ2) is 11.0. The number of pyridine rings is 1. The summed E-state index contributed by atoms with van der Waals surface area (Å²) in [5, 5.41) is 9.83. The minimum atomic E-state index is -0.560. The number of amides is 2. The SMILES string of the molecule is C[C@H](CO)N1C[C@H](C)[C@@H](CN(C)C(=O)c2cccc(F)c2)Oc2ncc(-c3cccc(F)c3)cc2C1=O. The Morgan fingerprint density at radius 1 is 1.16 bits per heavy atom. The van der Waals surface area contributed by atoms with E-state index in [0.717, 1.165) is 0 Å². The van der Waals surface area contributed by atoms with Crippen LogP contribution in [0.1, 0.15) is 34.6 Å². The number of rotatable bonds is 6. The summed E-state index contributed by atoms with van der Waals surface area (Å²) in [5.74, 6) is -1.81. The molecule has 0 unspecified atom stereocenters. The van der Waals surface area contributed by atoms with Crippen LogP contribution < -0.4 is 4.74 Å². The van der Waals surface area contributed by atoms with Crippen LogP contribution in [0.15, 0.2) is 60.8 Å². The minimum absolute atomic E-state index is 0.0865. The maximum Gasteiger partial charge on any atom is 0.259 e. The summed E-state index contributed by atoms with van der Waals surface area (Å²) in [5.41, 5.74) is 1.48. The quantitative estimate of drug-likeness (QED) is 0.543. The molecular formula is C28H29F2N3O4. The molecule has 0 saturated heterocycles. The average molecular weight is 510 g/mol. The number of carbonyl (C=O) groups excluding carboxylic acids is 2. The third kappa shape index (κ3) is 5.77. The van der Waals surface area contributed by atoms with E-state index in [1.165, 1.54) is 41.4 Å². The molecule has 7 nitrogen and oxygen atoms in total. The molecule has 0 saturated carbocycles. The van der Waals surface area contributed by atoms with Crippen LogP contribution in [0, 0.1) is 17.6 Å². The van der Waals surface area contributed by atoms with E-state index >= 15 is 0 Å². The van der Waals surface area contributed by atoms with Gasteiger partial charge in [-0.3, -0.25) is 9.59 Å². The van der Waals surface area contributed by atoms with Crippen molar-refractivity contribution in [2.75, 3.05) is 26.7 Å². The summed E-state index contributed by atoms with van der Waals surface area (Å²) < 4.78 is 33.7. The number of ether oxygens (including phenoxy) is 1. The second-order valence-corrected chi connectivity index (χ2v) is 9.41. The highest BCUT2D eigenvalue weighted by Gasteiger charge is 2.35. The number of likely N-dealkylation sites (N-methyl/N-ethyl adjacent to an activating group) is 1. The van der Waals surface area contributed by atoms with Crippen molar-refractivity contribution in [1.82, 2.24) is 14.8 Å². The van der Waals surface area contributed by atoms with Crippen molar-refractivity contribution in [3.8, 4) is 17.0 Å². The lowest BCUT2D eigenvalue weighted by atomic mass is 9.99. The van der Waals surface area contributed by atoms with E-state index in [9.17, 15) is 23.5 Å². The molecule has 1 aliphatic rings. The van der Waals surface area contributed by atoms with Crippen LogP contribution in [0.25, 0.3) is 11.1 Å². The van der Waals surface area contributed by atoms with Gasteiger partial charge in [0.05, 0.1) is 19.2 Å². The van der Waals surface area contributed by atoms with Crippen LogP contribution in [-0.2, 0) is 0 Å². The smallest absolute Gasteiger partial charge is 0.259 e. The van der Waals surface area contributed by atoms with Crippen molar-refractivity contribution in [2.45, 2.75) is 26.0 Å². The van der Waals surface area contributed by atoms with Gasteiger partial charge in [0.15, 0.2) is 0 Å². The predicted octanol–water partition coefficient (Wildman–Crippen LogP) is 4.02. The number of aromatic nitrogens is 1. The van der Waals surface area contributed by atoms with Gasteiger partial charge in [-0.25, -0.2) is 13.8 Å². The predicted molar refractivity (Wildman–Crippen MR) is 134 cm³/mol. The van der Waals surface area contributed by atoms with Gasteiger partial charge in [0.1, 0.15) is 23.3 Å². The van der Waals surface area contributed by atoms with Crippen LogP contribution in [-0.4, -0.2) is 70.6 Å². The summed E-state index contributed by atoms with van der Waals surface area (Å²) in [6.07, 6.45) is 0.946. The van der Waals surface area contributed by atoms with Gasteiger partial charge in [-0.05, 0) is 48.9 Å². The molecule has 1 aliphatic heterocycles. The Kier molecular flexibility index (Phi) is 7.83. The molecular weight excluding hydrogens is 480 g/mol. The molecule has 0 spiro atoms. The summed E-state index contributed by atoms with van der Waals surface area (Å²) >= 11 is 0. The number of fused-ring (bicyclic) bond motifs is 1. The van der Waals surface area contributed by atoms with E-state index in [4.69, 9.17) is 4.74 Å². The number of aliphatic hydroxyl groups is 1. The molecule has 3 aromatic rings. The molecule has 194 valence electrons. The van der Waals surface area contributed by atoms with Crippen LogP contribution in [0.3, 0.4) is 0 Å². The molecule has 2 amide bonds. The molecule has 2 aromatic carbocycles. The Morgan fingerprint density at radius 3 is 2.54 bits per heavy atom. The monoisotopic (exact) mass is 509 g/mol. The highest BCUT2D eigenvalue weighted by atomic mass is 19.1. The zero-order chi connectivity index (χ0) is 26.7. The maximum absolute atomic E-state index is 13.8. The average Bonchev–Trinajstić information content (AvgIpc) is 2.89. The fraction of sp³-hybridized carbons (Fsp3) is 0.321. The van der Waals surface area contributed by atoms with E-state index in [0.29, 0.717) is 11.1 Å². The summed E-state index contributed by atoms with van der Waals surface area (Å²) in [6.45, 7) is 3.80. The van der Waals surface area contributed by atoms with Crippen LogP contribution >= 0.6 is 0 Å². The van der Waals surface area contributed by atoms with Gasteiger partial charge in [-0.15, -0.1) is 0 Å². The van der Waals surface area contributed by atoms with Crippen molar-refractivity contribution < 1.29 is 28.2 Å². The summed E-state index contributed by atoms with van der Waals surface area (Å²) in [7, 11) is 1.60. The lowest BCUT2D eigenvalue weighted by Crippen LogP contribution is -2.50. The van der Waals surface area contributed by atoms with Gasteiger partial charge in [0.2, 0.25) is 5.88 Å². The van der Waals surface area contributed by atoms with Gasteiger partial charge in [0.25, 0.3) is 11.8 Å². The summed E-state index contributed by atoms with van der Waals surface area (Å²) in [4.78, 5) is 33.9. The number of halogens is 2. The number of hydrogen-bond acceptors (Lipinski definition) is 5. The Morgan fingerprint density at radius 2 is 1.86 bits per heavy atom. The molecule has 0 radical (unpaired) electrons. The third-order valence-electron chi connectivity index (χ3n) is 6.55. The number of aliphatic hydroxyl groups excluding tert-OH is 1. The third-order valence-corrected chi connectivity index (χ3v) is 6.55. The molecule has 1 aromatic heterocycles. The van der Waals surface area contributed by atoms with Gasteiger partial charge in [-0.2, -0.15) is 0 Å². The molecule has 0 fully saturated rings. The molecule has 9 heteroatoms. The Bertz CT molecular complexity index is 1300. The van der Waals surface area contributed by atoms with Gasteiger partial charge >= 0.3 is 0 Å². The lowest BCUT2D eigenvalue weighted by Gasteiger charge is -2.37. The topological polar surface area (TPSA) is 83.0 Å². The first kappa shape index (κ1) is 26.2. The zero-order valence-electron chi connectivity index (χ0n) is 20.9. The number of benzene rings is 2. The van der Waals surface area contributed by atoms with Crippen molar-refractivity contribution in [3.63, 3.8) is 0 Å². The van der Waals surface area contributed by atoms with Crippen LogP contribution in [0.5, 0.6) is 5.88 Å². The molecule has 0 aliphatic carbocycles. The lowest BCUT2D eigenvalue weighted by molar-refractivity contribution is 0.0313. The first-order chi connectivity index (χ1) is 17.7. The van der Waals surface area contributed by atoms with E-state index < -0.39 is 23.8 Å². The van der Waals surface area contributed by atoms with Gasteiger partial charge in [-0.1, -0.05) is 25.1 Å². The Labute approximate surface area is 214 Å². The maximum atomic E-state index is 13.8. The minimum Gasteiger partial charge on any atom is -0.472 e. The number of hydrogen-bond donors (Lipinski definition) is 1. The second-order valence-electron chi connectivity index (χ2n) is 9.41. The fourth-order valence-electron chi connectivity index (χ4n) is 4.34. The molecule has 1 N–H and O–H groups in total. The van der Waals surface area contributed by atoms with Crippen molar-refractivity contribution in [2.24, 2.45) is 5.92 Å². The molecule has 37 heavy (non-hydrogen) atoms. The van der Waals surface area contributed by atoms with Crippen molar-refractivity contribution in [1.29, 1.82) is 0 Å². The van der Waals surface area contributed by atoms with E-state index in [1.807, 2.05) is 6.92 Å². The molecule has 0 bridgehead atoms. The van der Waals surface area contributed by atoms with E-state index in [2.05, 4.69) is 4.98 Å². The molecule has 4 rings (SSSR count). The van der Waals surface area contributed by atoms with Gasteiger partial charge < -0.3 is 19.6 Å². The van der Waals surface area contributed by atoms with Crippen LogP contribution in [0.2, 0.25) is 0 Å². The number of nitrogens with zero attached hydrogens (tertiary/aromatic N) is 3.